The summed E-state index contributed by atoms with van der Waals surface area (Å²) in [6, 6.07) is 8.63. The normalized spacial score (nSPS) is 17.0. The van der Waals surface area contributed by atoms with Gasteiger partial charge in [-0.25, -0.2) is 8.42 Å². The number of benzene rings is 1. The monoisotopic (exact) mass is 352 g/mol. The Balaban J connectivity index is 1.95. The molecule has 1 aromatic rings. The molecule has 1 aromatic carbocycles. The van der Waals surface area contributed by atoms with Crippen LogP contribution in [0.3, 0.4) is 0 Å². The fourth-order valence-corrected chi connectivity index (χ4v) is 3.28. The van der Waals surface area contributed by atoms with Crippen LogP contribution in [0.15, 0.2) is 29.3 Å². The molecule has 2 N–H and O–H groups in total. The first-order valence-corrected chi connectivity index (χ1v) is 10.4. The molecule has 0 radical (unpaired) electrons. The molecule has 0 aromatic heterocycles. The number of aliphatic imine (C=N–C) groups is 1. The van der Waals surface area contributed by atoms with Crippen molar-refractivity contribution in [2.24, 2.45) is 4.99 Å². The maximum atomic E-state index is 11.2. The van der Waals surface area contributed by atoms with Crippen LogP contribution in [-0.2, 0) is 9.84 Å². The highest BCUT2D eigenvalue weighted by atomic mass is 32.2. The summed E-state index contributed by atoms with van der Waals surface area (Å²) >= 11 is 0. The van der Waals surface area contributed by atoms with Gasteiger partial charge in [0.05, 0.1) is 11.8 Å². The van der Waals surface area contributed by atoms with Crippen molar-refractivity contribution < 1.29 is 8.42 Å². The number of hydrogen-bond donors (Lipinski definition) is 2. The highest BCUT2D eigenvalue weighted by Crippen LogP contribution is 2.23. The molecule has 1 aliphatic rings. The minimum Gasteiger partial charge on any atom is -0.372 e. The quantitative estimate of drug-likeness (QED) is 0.600. The van der Waals surface area contributed by atoms with Crippen LogP contribution >= 0.6 is 0 Å². The zero-order valence-corrected chi connectivity index (χ0v) is 15.6. The van der Waals surface area contributed by atoms with E-state index in [2.05, 4.69) is 51.7 Å². The molecule has 134 valence electrons. The van der Waals surface area contributed by atoms with Crippen LogP contribution in [0.1, 0.15) is 31.4 Å². The summed E-state index contributed by atoms with van der Waals surface area (Å²) in [4.78, 5) is 6.57. The molecule has 1 aliphatic heterocycles. The molecule has 7 heteroatoms. The number of nitrogens with one attached hydrogen (secondary N) is 2. The van der Waals surface area contributed by atoms with E-state index in [1.807, 2.05) is 0 Å². The highest BCUT2D eigenvalue weighted by Gasteiger charge is 2.14. The molecule has 0 saturated carbocycles. The van der Waals surface area contributed by atoms with E-state index in [4.69, 9.17) is 0 Å². The number of anilines is 1. The molecule has 1 saturated heterocycles. The standard InChI is InChI=1S/C17H28N4O2S/c1-14(20-17(18-2)19-9-12-24(3,22)23)15-7-6-8-16(13-15)21-10-4-5-11-21/h6-8,13-14H,4-5,9-12H2,1-3H3,(H2,18,19,20). The molecule has 1 unspecified atom stereocenters. The van der Waals surface area contributed by atoms with Crippen LogP contribution in [0.5, 0.6) is 0 Å². The second kappa shape index (κ2) is 8.37. The van der Waals surface area contributed by atoms with Gasteiger partial charge < -0.3 is 15.5 Å². The lowest BCUT2D eigenvalue weighted by atomic mass is 10.1. The Bertz CT molecular complexity index is 667. The van der Waals surface area contributed by atoms with Crippen molar-refractivity contribution >= 4 is 21.5 Å². The third-order valence-electron chi connectivity index (χ3n) is 4.18. The summed E-state index contributed by atoms with van der Waals surface area (Å²) in [5.41, 5.74) is 2.45. The molecule has 0 bridgehead atoms. The summed E-state index contributed by atoms with van der Waals surface area (Å²) < 4.78 is 22.4. The molecule has 24 heavy (non-hydrogen) atoms. The molecule has 0 amide bonds. The van der Waals surface area contributed by atoms with Gasteiger partial charge in [0.25, 0.3) is 0 Å². The maximum absolute atomic E-state index is 11.2. The second-order valence-electron chi connectivity index (χ2n) is 6.28. The van der Waals surface area contributed by atoms with Gasteiger partial charge in [-0.05, 0) is 37.5 Å². The van der Waals surface area contributed by atoms with Crippen molar-refractivity contribution in [3.63, 3.8) is 0 Å². The number of nitrogens with zero attached hydrogens (tertiary/aromatic N) is 2. The van der Waals surface area contributed by atoms with E-state index in [0.717, 1.165) is 13.1 Å². The molecule has 2 rings (SSSR count). The summed E-state index contributed by atoms with van der Waals surface area (Å²) in [7, 11) is -1.29. The SMILES string of the molecule is CN=C(NCCS(C)(=O)=O)NC(C)c1cccc(N2CCCC2)c1. The van der Waals surface area contributed by atoms with Gasteiger partial charge in [0.1, 0.15) is 9.84 Å². The van der Waals surface area contributed by atoms with E-state index in [9.17, 15) is 8.42 Å². The van der Waals surface area contributed by atoms with Crippen molar-refractivity contribution in [3.8, 4) is 0 Å². The Kier molecular flexibility index (Phi) is 6.48. The Morgan fingerprint density at radius 3 is 2.67 bits per heavy atom. The minimum atomic E-state index is -2.97. The number of sulfone groups is 1. The molecule has 1 atom stereocenters. The Hall–Kier alpha value is -1.76. The molecule has 0 aliphatic carbocycles. The molecule has 6 nitrogen and oxygen atoms in total. The number of guanidine groups is 1. The Morgan fingerprint density at radius 1 is 1.33 bits per heavy atom. The lowest BCUT2D eigenvalue weighted by molar-refractivity contribution is 0.600. The van der Waals surface area contributed by atoms with Crippen LogP contribution in [0, 0.1) is 0 Å². The van der Waals surface area contributed by atoms with Crippen molar-refractivity contribution in [3.05, 3.63) is 29.8 Å². The topological polar surface area (TPSA) is 73.8 Å². The van der Waals surface area contributed by atoms with Crippen molar-refractivity contribution in [1.29, 1.82) is 0 Å². The van der Waals surface area contributed by atoms with E-state index in [1.165, 1.54) is 30.3 Å². The average Bonchev–Trinajstić information content (AvgIpc) is 3.07. The first kappa shape index (κ1) is 18.6. The number of hydrogen-bond acceptors (Lipinski definition) is 4. The van der Waals surface area contributed by atoms with Crippen molar-refractivity contribution in [1.82, 2.24) is 10.6 Å². The van der Waals surface area contributed by atoms with Gasteiger partial charge in [-0.15, -0.1) is 0 Å². The van der Waals surface area contributed by atoms with Gasteiger partial charge in [0, 0.05) is 38.6 Å². The molecule has 1 heterocycles. The Morgan fingerprint density at radius 2 is 2.04 bits per heavy atom. The van der Waals surface area contributed by atoms with Gasteiger partial charge in [-0.1, -0.05) is 12.1 Å². The summed E-state index contributed by atoms with van der Waals surface area (Å²) in [6.07, 6.45) is 3.75. The first-order valence-electron chi connectivity index (χ1n) is 8.39. The molecule has 1 fully saturated rings. The Labute approximate surface area is 145 Å². The largest absolute Gasteiger partial charge is 0.372 e. The predicted octanol–water partition coefficient (Wildman–Crippen LogP) is 1.56. The summed E-state index contributed by atoms with van der Waals surface area (Å²) in [6.45, 7) is 4.67. The highest BCUT2D eigenvalue weighted by molar-refractivity contribution is 7.90. The summed E-state index contributed by atoms with van der Waals surface area (Å²) in [5.74, 6) is 0.699. The zero-order valence-electron chi connectivity index (χ0n) is 14.7. The van der Waals surface area contributed by atoms with Crippen LogP contribution in [0.4, 0.5) is 5.69 Å². The van der Waals surface area contributed by atoms with Crippen LogP contribution in [0.25, 0.3) is 0 Å². The summed E-state index contributed by atoms with van der Waals surface area (Å²) in [5, 5.41) is 6.36. The molecule has 0 spiro atoms. The second-order valence-corrected chi connectivity index (χ2v) is 8.54. The van der Waals surface area contributed by atoms with Gasteiger partial charge >= 0.3 is 0 Å². The van der Waals surface area contributed by atoms with Crippen LogP contribution in [-0.4, -0.2) is 53.1 Å². The third-order valence-corrected chi connectivity index (χ3v) is 5.13. The fraction of sp³-hybridized carbons (Fsp3) is 0.588. The van der Waals surface area contributed by atoms with E-state index in [-0.39, 0.29) is 11.8 Å². The molecular formula is C17H28N4O2S. The van der Waals surface area contributed by atoms with E-state index >= 15 is 0 Å². The van der Waals surface area contributed by atoms with Gasteiger partial charge in [-0.3, -0.25) is 4.99 Å². The van der Waals surface area contributed by atoms with E-state index in [1.54, 1.807) is 7.05 Å². The van der Waals surface area contributed by atoms with Crippen molar-refractivity contribution in [2.45, 2.75) is 25.8 Å². The van der Waals surface area contributed by atoms with Gasteiger partial charge in [-0.2, -0.15) is 0 Å². The lowest BCUT2D eigenvalue weighted by Gasteiger charge is -2.22. The minimum absolute atomic E-state index is 0.0805. The van der Waals surface area contributed by atoms with Crippen LogP contribution in [0.2, 0.25) is 0 Å². The predicted molar refractivity (Wildman–Crippen MR) is 101 cm³/mol. The average molecular weight is 353 g/mol. The smallest absolute Gasteiger partial charge is 0.191 e. The maximum Gasteiger partial charge on any atom is 0.191 e. The van der Waals surface area contributed by atoms with Crippen LogP contribution < -0.4 is 15.5 Å². The van der Waals surface area contributed by atoms with E-state index < -0.39 is 9.84 Å². The van der Waals surface area contributed by atoms with Crippen molar-refractivity contribution in [2.75, 3.05) is 43.6 Å². The fourth-order valence-electron chi connectivity index (χ4n) is 2.80. The van der Waals surface area contributed by atoms with Gasteiger partial charge in [0.2, 0.25) is 0 Å². The van der Waals surface area contributed by atoms with Gasteiger partial charge in [0.15, 0.2) is 5.96 Å². The van der Waals surface area contributed by atoms with E-state index in [0.29, 0.717) is 12.5 Å². The number of rotatable bonds is 6. The first-order chi connectivity index (χ1) is 11.4. The molecular weight excluding hydrogens is 324 g/mol. The lowest BCUT2D eigenvalue weighted by Crippen LogP contribution is -2.40. The third kappa shape index (κ3) is 5.70. The zero-order chi connectivity index (χ0) is 17.6.